The number of piperazine rings is 1. The Morgan fingerprint density at radius 2 is 1.76 bits per heavy atom. The Kier molecular flexibility index (Phi) is 6.01. The summed E-state index contributed by atoms with van der Waals surface area (Å²) < 4.78 is 2.02. The monoisotopic (exact) mass is 456 g/mol. The molecule has 1 aliphatic heterocycles. The predicted octanol–water partition coefficient (Wildman–Crippen LogP) is 5.24. The summed E-state index contributed by atoms with van der Waals surface area (Å²) in [5.41, 5.74) is 6.91. The van der Waals surface area contributed by atoms with E-state index in [-0.39, 0.29) is 5.91 Å². The van der Waals surface area contributed by atoms with Crippen molar-refractivity contribution in [3.05, 3.63) is 83.4 Å². The maximum absolute atomic E-state index is 13.1. The summed E-state index contributed by atoms with van der Waals surface area (Å²) in [5.74, 6) is 0.160. The van der Waals surface area contributed by atoms with Gasteiger partial charge in [-0.1, -0.05) is 42.5 Å². The number of hydrogen-bond acceptors (Lipinski definition) is 4. The third-order valence-corrected chi connectivity index (χ3v) is 7.13. The van der Waals surface area contributed by atoms with Gasteiger partial charge in [0.15, 0.2) is 0 Å². The number of carbonyl (C=O) groups is 1. The number of nitrogens with zero attached hydrogens (tertiary/aromatic N) is 4. The third-order valence-electron chi connectivity index (χ3n) is 6.27. The molecule has 0 saturated carbocycles. The van der Waals surface area contributed by atoms with Gasteiger partial charge in [-0.05, 0) is 43.2 Å². The van der Waals surface area contributed by atoms with Gasteiger partial charge in [-0.15, -0.1) is 11.3 Å². The first kappa shape index (κ1) is 21.5. The average Bonchev–Trinajstić information content (AvgIpc) is 3.51. The molecule has 0 aliphatic carbocycles. The highest BCUT2D eigenvalue weighted by molar-refractivity contribution is 7.13. The Hall–Kier alpha value is -3.38. The van der Waals surface area contributed by atoms with Crippen molar-refractivity contribution in [2.45, 2.75) is 20.4 Å². The van der Waals surface area contributed by atoms with Crippen LogP contribution < -0.4 is 4.90 Å². The summed E-state index contributed by atoms with van der Waals surface area (Å²) >= 11 is 1.62. The third kappa shape index (κ3) is 4.57. The molecule has 6 heteroatoms. The molecule has 1 amide bonds. The van der Waals surface area contributed by atoms with Crippen molar-refractivity contribution < 1.29 is 4.79 Å². The fourth-order valence-electron chi connectivity index (χ4n) is 4.38. The molecule has 5 rings (SSSR count). The lowest BCUT2D eigenvalue weighted by atomic mass is 10.1. The molecular weight excluding hydrogens is 428 g/mol. The van der Waals surface area contributed by atoms with Crippen molar-refractivity contribution in [1.29, 1.82) is 0 Å². The molecule has 1 fully saturated rings. The van der Waals surface area contributed by atoms with Crippen molar-refractivity contribution in [3.8, 4) is 22.0 Å². The molecule has 1 aliphatic rings. The van der Waals surface area contributed by atoms with E-state index in [1.165, 1.54) is 16.8 Å². The number of anilines is 1. The van der Waals surface area contributed by atoms with E-state index in [0.717, 1.165) is 48.1 Å². The van der Waals surface area contributed by atoms with Crippen molar-refractivity contribution >= 4 is 22.9 Å². The second kappa shape index (κ2) is 9.24. The van der Waals surface area contributed by atoms with Gasteiger partial charge in [0.1, 0.15) is 11.6 Å². The molecule has 0 N–H and O–H groups in total. The maximum atomic E-state index is 13.1. The Balaban J connectivity index is 1.25. The molecule has 1 saturated heterocycles. The van der Waals surface area contributed by atoms with Gasteiger partial charge >= 0.3 is 0 Å². The first-order valence-electron chi connectivity index (χ1n) is 11.3. The van der Waals surface area contributed by atoms with E-state index >= 15 is 0 Å². The van der Waals surface area contributed by atoms with Crippen LogP contribution in [0.2, 0.25) is 0 Å². The SMILES string of the molecule is Cc1ccc(C)c(N2CCN(C(=O)Cn3cccc3-c3nc(-c4ccccc4)cs3)CC2)c1. The van der Waals surface area contributed by atoms with Crippen molar-refractivity contribution in [2.24, 2.45) is 0 Å². The van der Waals surface area contributed by atoms with Gasteiger partial charge in [0.2, 0.25) is 5.91 Å². The largest absolute Gasteiger partial charge is 0.368 e. The normalized spacial score (nSPS) is 14.0. The minimum absolute atomic E-state index is 0.160. The summed E-state index contributed by atoms with van der Waals surface area (Å²) in [6, 6.07) is 20.8. The zero-order valence-corrected chi connectivity index (χ0v) is 19.9. The van der Waals surface area contributed by atoms with Gasteiger partial charge in [-0.2, -0.15) is 0 Å². The highest BCUT2D eigenvalue weighted by atomic mass is 32.1. The van der Waals surface area contributed by atoms with E-state index in [2.05, 4.69) is 54.5 Å². The highest BCUT2D eigenvalue weighted by Gasteiger charge is 2.23. The number of carbonyl (C=O) groups excluding carboxylic acids is 1. The van der Waals surface area contributed by atoms with Gasteiger partial charge in [-0.3, -0.25) is 4.79 Å². The summed E-state index contributed by atoms with van der Waals surface area (Å²) in [7, 11) is 0. The Labute approximate surface area is 198 Å². The fraction of sp³-hybridized carbons (Fsp3) is 0.259. The first-order chi connectivity index (χ1) is 16.1. The molecule has 5 nitrogen and oxygen atoms in total. The molecule has 3 heterocycles. The molecule has 0 spiro atoms. The van der Waals surface area contributed by atoms with Gasteiger partial charge in [0, 0.05) is 49.0 Å². The fourth-order valence-corrected chi connectivity index (χ4v) is 5.25. The van der Waals surface area contributed by atoms with Crippen LogP contribution in [0.15, 0.2) is 72.2 Å². The van der Waals surface area contributed by atoms with E-state index in [9.17, 15) is 4.79 Å². The van der Waals surface area contributed by atoms with Crippen LogP contribution in [-0.2, 0) is 11.3 Å². The van der Waals surface area contributed by atoms with Gasteiger partial charge in [-0.25, -0.2) is 4.98 Å². The highest BCUT2D eigenvalue weighted by Crippen LogP contribution is 2.29. The number of aromatic nitrogens is 2. The quantitative estimate of drug-likeness (QED) is 0.412. The van der Waals surface area contributed by atoms with Crippen LogP contribution in [0.25, 0.3) is 22.0 Å². The smallest absolute Gasteiger partial charge is 0.242 e. The molecular formula is C27H28N4OS. The lowest BCUT2D eigenvalue weighted by Gasteiger charge is -2.37. The van der Waals surface area contributed by atoms with Crippen LogP contribution in [0.4, 0.5) is 5.69 Å². The molecule has 4 aromatic rings. The van der Waals surface area contributed by atoms with Crippen LogP contribution in [0.1, 0.15) is 11.1 Å². The molecule has 0 radical (unpaired) electrons. The van der Waals surface area contributed by atoms with Gasteiger partial charge < -0.3 is 14.4 Å². The van der Waals surface area contributed by atoms with E-state index in [1.807, 2.05) is 46.0 Å². The minimum atomic E-state index is 0.160. The molecule has 0 bridgehead atoms. The summed E-state index contributed by atoms with van der Waals surface area (Å²) in [6.07, 6.45) is 1.98. The molecule has 33 heavy (non-hydrogen) atoms. The molecule has 168 valence electrons. The van der Waals surface area contributed by atoms with Crippen LogP contribution in [0.5, 0.6) is 0 Å². The first-order valence-corrected chi connectivity index (χ1v) is 12.2. The van der Waals surface area contributed by atoms with Gasteiger partial charge in [0.25, 0.3) is 0 Å². The Bertz CT molecular complexity index is 1250. The molecule has 0 unspecified atom stereocenters. The van der Waals surface area contributed by atoms with Crippen molar-refractivity contribution in [1.82, 2.24) is 14.5 Å². The standard InChI is InChI=1S/C27H28N4OS/c1-20-10-11-21(2)25(17-20)29-13-15-30(16-14-29)26(32)18-31-12-6-9-24(31)27-28-23(19-33-27)22-7-4-3-5-8-22/h3-12,17,19H,13-16,18H2,1-2H3. The topological polar surface area (TPSA) is 41.4 Å². The lowest BCUT2D eigenvalue weighted by Crippen LogP contribution is -2.49. The summed E-state index contributed by atoms with van der Waals surface area (Å²) in [4.78, 5) is 22.3. The lowest BCUT2D eigenvalue weighted by molar-refractivity contribution is -0.132. The number of thiazole rings is 1. The van der Waals surface area contributed by atoms with Crippen LogP contribution in [0.3, 0.4) is 0 Å². The zero-order chi connectivity index (χ0) is 22.8. The van der Waals surface area contributed by atoms with Crippen LogP contribution >= 0.6 is 11.3 Å². The van der Waals surface area contributed by atoms with Crippen LogP contribution in [0, 0.1) is 13.8 Å². The zero-order valence-electron chi connectivity index (χ0n) is 19.1. The molecule has 2 aromatic heterocycles. The second-order valence-electron chi connectivity index (χ2n) is 8.58. The van der Waals surface area contributed by atoms with E-state index in [1.54, 1.807) is 11.3 Å². The number of aryl methyl sites for hydroxylation is 2. The summed E-state index contributed by atoms with van der Waals surface area (Å²) in [5, 5.41) is 3.02. The van der Waals surface area contributed by atoms with Crippen molar-refractivity contribution in [2.75, 3.05) is 31.1 Å². The number of rotatable bonds is 5. The van der Waals surface area contributed by atoms with Gasteiger partial charge in [0.05, 0.1) is 11.4 Å². The van der Waals surface area contributed by atoms with Crippen LogP contribution in [-0.4, -0.2) is 46.5 Å². The Morgan fingerprint density at radius 1 is 0.970 bits per heavy atom. The molecule has 2 aromatic carbocycles. The van der Waals surface area contributed by atoms with E-state index in [0.29, 0.717) is 6.54 Å². The number of benzene rings is 2. The van der Waals surface area contributed by atoms with E-state index in [4.69, 9.17) is 4.98 Å². The second-order valence-corrected chi connectivity index (χ2v) is 9.44. The number of amides is 1. The predicted molar refractivity (Wildman–Crippen MR) is 136 cm³/mol. The Morgan fingerprint density at radius 3 is 2.55 bits per heavy atom. The van der Waals surface area contributed by atoms with Crippen molar-refractivity contribution in [3.63, 3.8) is 0 Å². The van der Waals surface area contributed by atoms with E-state index < -0.39 is 0 Å². The average molecular weight is 457 g/mol. The molecule has 0 atom stereocenters. The summed E-state index contributed by atoms with van der Waals surface area (Å²) in [6.45, 7) is 7.84. The maximum Gasteiger partial charge on any atom is 0.242 e. The number of hydrogen-bond donors (Lipinski definition) is 0. The minimum Gasteiger partial charge on any atom is -0.368 e.